The van der Waals surface area contributed by atoms with E-state index in [1.165, 1.54) is 87.6 Å². The van der Waals surface area contributed by atoms with E-state index in [1.807, 2.05) is 6.07 Å². The smallest absolute Gasteiger partial charge is 0.184 e. The fourth-order valence-corrected chi connectivity index (χ4v) is 9.64. The summed E-state index contributed by atoms with van der Waals surface area (Å²) in [7, 11) is 0.795. The molecule has 1 aliphatic rings. The minimum atomic E-state index is 0. The Kier molecular flexibility index (Phi) is 14.4. The molecule has 0 atom stereocenters. The summed E-state index contributed by atoms with van der Waals surface area (Å²) < 4.78 is 0. The molecule has 1 aliphatic heterocycles. The van der Waals surface area contributed by atoms with Crippen molar-refractivity contribution < 1.29 is 26.2 Å². The molecular weight excluding hydrogens is 816 g/mol. The summed E-state index contributed by atoms with van der Waals surface area (Å²) in [6, 6.07) is 58.8. The second-order valence-electron chi connectivity index (χ2n) is 19.2. The van der Waals surface area contributed by atoms with Gasteiger partial charge in [-0.15, -0.1) is 74.6 Å². The molecule has 3 radical (unpaired) electrons. The summed E-state index contributed by atoms with van der Waals surface area (Å²) >= 11 is 0. The molecule has 60 heavy (non-hydrogen) atoms. The van der Waals surface area contributed by atoms with Gasteiger partial charge in [-0.2, -0.15) is 41.6 Å². The largest absolute Gasteiger partial charge is 3.00 e. The van der Waals surface area contributed by atoms with E-state index in [9.17, 15) is 0 Å². The fraction of sp³-hybridized carbons (Fsp3) is 0.276. The molecule has 0 spiro atoms. The zero-order valence-corrected chi connectivity index (χ0v) is 41.0. The van der Waals surface area contributed by atoms with Crippen LogP contribution in [0.1, 0.15) is 91.5 Å². The predicted octanol–water partition coefficient (Wildman–Crippen LogP) is 14.6. The molecule has 0 unspecified atom stereocenters. The van der Waals surface area contributed by atoms with Gasteiger partial charge in [0.1, 0.15) is 0 Å². The quantitative estimate of drug-likeness (QED) is 0.115. The Morgan fingerprint density at radius 1 is 0.483 bits per heavy atom. The third-order valence-corrected chi connectivity index (χ3v) is 12.8. The van der Waals surface area contributed by atoms with Gasteiger partial charge < -0.3 is 0 Å². The minimum Gasteiger partial charge on any atom is -0.184 e. The molecule has 0 bridgehead atoms. The molecule has 0 nitrogen and oxygen atoms in total. The first-order valence-corrected chi connectivity index (χ1v) is 22.6. The van der Waals surface area contributed by atoms with Crippen LogP contribution in [0, 0.1) is 17.9 Å². The van der Waals surface area contributed by atoms with E-state index in [0.29, 0.717) is 11.8 Å². The molecule has 8 aromatic rings. The van der Waals surface area contributed by atoms with Crippen molar-refractivity contribution in [2.45, 2.75) is 92.9 Å². The van der Waals surface area contributed by atoms with E-state index in [-0.39, 0.29) is 37.0 Å². The van der Waals surface area contributed by atoms with Crippen molar-refractivity contribution in [3.63, 3.8) is 0 Å². The first-order valence-electron chi connectivity index (χ1n) is 21.6. The first-order chi connectivity index (χ1) is 28.2. The van der Waals surface area contributed by atoms with Gasteiger partial charge in [0.15, 0.2) is 0 Å². The molecule has 1 heterocycles. The molecule has 2 heteroatoms. The fourth-order valence-electron chi connectivity index (χ4n) is 8.33. The Morgan fingerprint density at radius 2 is 0.900 bits per heavy atom. The van der Waals surface area contributed by atoms with Crippen LogP contribution in [-0.2, 0) is 49.9 Å². The van der Waals surface area contributed by atoms with Crippen molar-refractivity contribution in [2.75, 3.05) is 0 Å². The molecule has 0 saturated carbocycles. The van der Waals surface area contributed by atoms with Gasteiger partial charge in [-0.05, 0) is 57.8 Å². The van der Waals surface area contributed by atoms with Crippen LogP contribution in [0.2, 0.25) is 0 Å². The Hall–Kier alpha value is -4.36. The summed E-state index contributed by atoms with van der Waals surface area (Å²) in [5, 5.41) is 8.30. The second-order valence-corrected chi connectivity index (χ2v) is 20.5. The van der Waals surface area contributed by atoms with Crippen molar-refractivity contribution in [3.05, 3.63) is 180 Å². The van der Waals surface area contributed by atoms with E-state index in [2.05, 4.69) is 221 Å². The van der Waals surface area contributed by atoms with Gasteiger partial charge in [0.05, 0.1) is 9.52 Å². The molecule has 0 aromatic heterocycles. The van der Waals surface area contributed by atoms with Crippen LogP contribution in [0.15, 0.2) is 152 Å². The third-order valence-electron chi connectivity index (χ3n) is 11.4. The molecule has 0 saturated heterocycles. The van der Waals surface area contributed by atoms with Gasteiger partial charge in [0.2, 0.25) is 0 Å². The van der Waals surface area contributed by atoms with Crippen molar-refractivity contribution in [1.82, 2.24) is 0 Å². The maximum atomic E-state index is 3.31. The Bertz CT molecular complexity index is 2480. The van der Waals surface area contributed by atoms with Crippen molar-refractivity contribution in [2.24, 2.45) is 11.8 Å². The molecule has 9 rings (SSSR count). The van der Waals surface area contributed by atoms with E-state index in [0.717, 1.165) is 22.4 Å². The summed E-state index contributed by atoms with van der Waals surface area (Å²) in [5.41, 5.74) is 14.4. The molecule has 0 amide bonds. The Morgan fingerprint density at radius 3 is 1.37 bits per heavy atom. The SMILES string of the molecule is CC(C)Cc1ccccc1-c1cccc2[cH-]c(C(C)(C)C)cc12.CC(C)Cc1ccccc1-c1cccc2[cH-]c(C(C)(C)C)cc12.[Zr+3].[c-]1cccc2c1[Si]c1ccccc1-2. The average molecular weight is 877 g/mol. The number of fused-ring (bicyclic) bond motifs is 5. The van der Waals surface area contributed by atoms with Gasteiger partial charge in [-0.1, -0.05) is 176 Å². The van der Waals surface area contributed by atoms with Gasteiger partial charge >= 0.3 is 26.2 Å². The summed E-state index contributed by atoms with van der Waals surface area (Å²) in [4.78, 5) is 0. The number of benzene rings is 6. The minimum absolute atomic E-state index is 0. The van der Waals surface area contributed by atoms with Crippen LogP contribution in [0.5, 0.6) is 0 Å². The van der Waals surface area contributed by atoms with Crippen LogP contribution >= 0.6 is 0 Å². The zero-order valence-electron chi connectivity index (χ0n) is 37.5. The zero-order chi connectivity index (χ0) is 41.9. The maximum Gasteiger partial charge on any atom is 3.00 e. The topological polar surface area (TPSA) is 0 Å². The monoisotopic (exact) mass is 875 g/mol. The second kappa shape index (κ2) is 19.1. The molecule has 0 aliphatic carbocycles. The van der Waals surface area contributed by atoms with Crippen LogP contribution in [0.3, 0.4) is 0 Å². The van der Waals surface area contributed by atoms with Crippen LogP contribution in [-0.4, -0.2) is 9.52 Å². The Balaban J connectivity index is 0.000000155. The van der Waals surface area contributed by atoms with E-state index in [4.69, 9.17) is 0 Å². The summed E-state index contributed by atoms with van der Waals surface area (Å²) in [5.74, 6) is 1.33. The average Bonchev–Trinajstić information content (AvgIpc) is 3.94. The number of hydrogen-bond acceptors (Lipinski definition) is 0. The van der Waals surface area contributed by atoms with Gasteiger partial charge in [-0.25, -0.2) is 0 Å². The van der Waals surface area contributed by atoms with Crippen molar-refractivity contribution in [3.8, 4) is 33.4 Å². The summed E-state index contributed by atoms with van der Waals surface area (Å²) in [6.45, 7) is 22.9. The van der Waals surface area contributed by atoms with Gasteiger partial charge in [0.25, 0.3) is 0 Å². The molecular formula is C58H61SiZr. The van der Waals surface area contributed by atoms with Gasteiger partial charge in [-0.3, -0.25) is 0 Å². The standard InChI is InChI=1S/2C23H27.C12H7Si.Zr/c2*1-16(2)13-17-9-6-7-11-20(17)21-12-8-10-18-14-19(15-22(18)21)23(3,4)5;1-3-7-11-9(5-1)10-6-2-4-8-12(10)13-11;/h2*6-12,14-16H,13H2,1-5H3;1-7H;/q3*-1;+3. The molecule has 301 valence electrons. The molecule has 8 aromatic carbocycles. The van der Waals surface area contributed by atoms with Gasteiger partial charge in [0, 0.05) is 0 Å². The summed E-state index contributed by atoms with van der Waals surface area (Å²) in [6.07, 6.45) is 2.25. The molecule has 0 N–H and O–H groups in total. The normalized spacial score (nSPS) is 12.1. The number of rotatable bonds is 6. The van der Waals surface area contributed by atoms with E-state index in [1.54, 1.807) is 0 Å². The van der Waals surface area contributed by atoms with E-state index < -0.39 is 0 Å². The third kappa shape index (κ3) is 10.4. The van der Waals surface area contributed by atoms with Crippen LogP contribution in [0.4, 0.5) is 0 Å². The van der Waals surface area contributed by atoms with Crippen molar-refractivity contribution >= 4 is 41.4 Å². The maximum absolute atomic E-state index is 3.31. The van der Waals surface area contributed by atoms with Crippen LogP contribution < -0.4 is 10.4 Å². The van der Waals surface area contributed by atoms with Crippen LogP contribution in [0.25, 0.3) is 54.9 Å². The molecule has 0 fully saturated rings. The predicted molar refractivity (Wildman–Crippen MR) is 260 cm³/mol. The first kappa shape index (κ1) is 45.2. The Labute approximate surface area is 383 Å². The number of hydrogen-bond donors (Lipinski definition) is 0. The van der Waals surface area contributed by atoms with E-state index >= 15 is 0 Å². The van der Waals surface area contributed by atoms with Crippen molar-refractivity contribution in [1.29, 1.82) is 0 Å².